The maximum Gasteiger partial charge on any atom is 0.237 e. The lowest BCUT2D eigenvalue weighted by Gasteiger charge is -2.28. The van der Waals surface area contributed by atoms with Crippen LogP contribution in [-0.4, -0.2) is 33.7 Å². The molecule has 0 aromatic heterocycles. The van der Waals surface area contributed by atoms with Crippen molar-refractivity contribution in [2.75, 3.05) is 21.7 Å². The average molecular weight is 579 g/mol. The second-order valence-electron chi connectivity index (χ2n) is 12.2. The lowest BCUT2D eigenvalue weighted by molar-refractivity contribution is -0.116. The van der Waals surface area contributed by atoms with Crippen molar-refractivity contribution in [2.45, 2.75) is 77.2 Å². The van der Waals surface area contributed by atoms with E-state index >= 15 is 0 Å². The third-order valence-electron chi connectivity index (χ3n) is 6.37. The number of para-hydroxylation sites is 1. The van der Waals surface area contributed by atoms with Gasteiger partial charge in [0.1, 0.15) is 5.75 Å². The molecule has 0 aliphatic carbocycles. The quantitative estimate of drug-likeness (QED) is 0.248. The van der Waals surface area contributed by atoms with Gasteiger partial charge in [0.05, 0.1) is 11.5 Å². The topological polar surface area (TPSA) is 69.6 Å². The molecule has 0 bridgehead atoms. The summed E-state index contributed by atoms with van der Waals surface area (Å²) in [5.41, 5.74) is 3.91. The second kappa shape index (κ2) is 13.2. The number of carbonyl (C=O) groups is 2. The summed E-state index contributed by atoms with van der Waals surface area (Å²) in [6.45, 7) is 16.3. The summed E-state index contributed by atoms with van der Waals surface area (Å²) in [5.74, 6) is 0.703. The highest BCUT2D eigenvalue weighted by Gasteiger charge is 2.27. The zero-order valence-corrected chi connectivity index (χ0v) is 26.5. The Hall–Kier alpha value is -2.90. The van der Waals surface area contributed by atoms with Gasteiger partial charge < -0.3 is 15.3 Å². The van der Waals surface area contributed by atoms with Crippen molar-refractivity contribution in [3.8, 4) is 5.75 Å². The zero-order valence-electron chi connectivity index (χ0n) is 24.9. The third-order valence-corrected chi connectivity index (χ3v) is 8.31. The number of rotatable bonds is 9. The Morgan fingerprint density at radius 1 is 0.825 bits per heavy atom. The van der Waals surface area contributed by atoms with Crippen molar-refractivity contribution in [2.24, 2.45) is 0 Å². The predicted octanol–water partition coefficient (Wildman–Crippen LogP) is 8.52. The second-order valence-corrected chi connectivity index (χ2v) is 14.3. The maximum atomic E-state index is 13.2. The number of phenolic OH excluding ortho intramolecular Hbond substituents is 1. The summed E-state index contributed by atoms with van der Waals surface area (Å²) < 4.78 is 0. The monoisotopic (exact) mass is 578 g/mol. The summed E-state index contributed by atoms with van der Waals surface area (Å²) in [4.78, 5) is 28.7. The van der Waals surface area contributed by atoms with Gasteiger partial charge >= 0.3 is 0 Å². The molecule has 2 N–H and O–H groups in total. The first-order valence-electron chi connectivity index (χ1n) is 13.6. The van der Waals surface area contributed by atoms with Gasteiger partial charge in [-0.15, -0.1) is 11.8 Å². The van der Waals surface area contributed by atoms with Gasteiger partial charge in [0.15, 0.2) is 0 Å². The average Bonchev–Trinajstić information content (AvgIpc) is 2.85. The molecule has 0 saturated carbocycles. The fourth-order valence-corrected chi connectivity index (χ4v) is 6.07. The summed E-state index contributed by atoms with van der Waals surface area (Å²) in [5, 5.41) is 14.3. The smallest absolute Gasteiger partial charge is 0.237 e. The van der Waals surface area contributed by atoms with E-state index in [2.05, 4.69) is 46.9 Å². The van der Waals surface area contributed by atoms with E-state index in [1.807, 2.05) is 80.6 Å². The molecule has 7 heteroatoms. The van der Waals surface area contributed by atoms with Crippen LogP contribution in [0.3, 0.4) is 0 Å². The van der Waals surface area contributed by atoms with Crippen molar-refractivity contribution >= 4 is 51.6 Å². The molecule has 1 amide bonds. The number of amides is 1. The van der Waals surface area contributed by atoms with Crippen LogP contribution in [0, 0.1) is 0 Å². The number of carbonyl (C=O) groups excluding carboxylic acids is 2. The Balaban J connectivity index is 1.63. The molecule has 0 fully saturated rings. The Morgan fingerprint density at radius 3 is 1.85 bits per heavy atom. The summed E-state index contributed by atoms with van der Waals surface area (Å²) in [6.07, 6.45) is 0. The molecule has 0 heterocycles. The number of aromatic hydroxyl groups is 1. The molecule has 0 aliphatic heterocycles. The van der Waals surface area contributed by atoms with Crippen LogP contribution in [0.25, 0.3) is 0 Å². The third kappa shape index (κ3) is 8.55. The predicted molar refractivity (Wildman–Crippen MR) is 172 cm³/mol. The molecule has 0 aliphatic rings. The van der Waals surface area contributed by atoms with Gasteiger partial charge in [0.25, 0.3) is 0 Å². The molecule has 3 aromatic carbocycles. The Kier molecular flexibility index (Phi) is 10.4. The summed E-state index contributed by atoms with van der Waals surface area (Å²) in [7, 11) is 0. The minimum Gasteiger partial charge on any atom is -0.507 e. The van der Waals surface area contributed by atoms with Crippen LogP contribution in [0.5, 0.6) is 5.75 Å². The van der Waals surface area contributed by atoms with E-state index in [0.717, 1.165) is 33.1 Å². The van der Waals surface area contributed by atoms with Gasteiger partial charge in [-0.25, -0.2) is 0 Å². The van der Waals surface area contributed by atoms with E-state index in [-0.39, 0.29) is 39.4 Å². The minimum atomic E-state index is -0.263. The van der Waals surface area contributed by atoms with Crippen molar-refractivity contribution in [3.63, 3.8) is 0 Å². The molecule has 0 atom stereocenters. The van der Waals surface area contributed by atoms with E-state index in [9.17, 15) is 14.7 Å². The molecular formula is C33H42N2O3S2. The number of hydrogen-bond donors (Lipinski definition) is 2. The number of phenols is 1. The van der Waals surface area contributed by atoms with Crippen LogP contribution in [-0.2, 0) is 20.4 Å². The summed E-state index contributed by atoms with van der Waals surface area (Å²) >= 11 is 2.51. The van der Waals surface area contributed by atoms with Crippen LogP contribution >= 0.6 is 23.5 Å². The van der Waals surface area contributed by atoms with E-state index in [0.29, 0.717) is 5.75 Å². The number of thioether (sulfide) groups is 2. The Morgan fingerprint density at radius 2 is 1.35 bits per heavy atom. The fourth-order valence-electron chi connectivity index (χ4n) is 4.39. The number of nitrogens with one attached hydrogen (secondary N) is 1. The number of anilines is 3. The van der Waals surface area contributed by atoms with E-state index in [4.69, 9.17) is 0 Å². The first kappa shape index (κ1) is 31.6. The lowest BCUT2D eigenvalue weighted by atomic mass is 9.79. The van der Waals surface area contributed by atoms with E-state index in [1.165, 1.54) is 23.5 Å². The van der Waals surface area contributed by atoms with Gasteiger partial charge in [-0.05, 0) is 73.2 Å². The van der Waals surface area contributed by atoms with E-state index < -0.39 is 0 Å². The minimum absolute atomic E-state index is 0.0179. The van der Waals surface area contributed by atoms with Crippen LogP contribution in [0.15, 0.2) is 71.6 Å². The molecular weight excluding hydrogens is 537 g/mol. The van der Waals surface area contributed by atoms with E-state index in [1.54, 1.807) is 4.90 Å². The van der Waals surface area contributed by atoms with Crippen molar-refractivity contribution in [1.82, 2.24) is 0 Å². The molecule has 3 aromatic rings. The largest absolute Gasteiger partial charge is 0.507 e. The molecule has 214 valence electrons. The van der Waals surface area contributed by atoms with Crippen LogP contribution in [0.2, 0.25) is 0 Å². The fraction of sp³-hybridized carbons (Fsp3) is 0.394. The van der Waals surface area contributed by atoms with Gasteiger partial charge in [-0.2, -0.15) is 0 Å². The molecule has 0 spiro atoms. The molecule has 5 nitrogen and oxygen atoms in total. The van der Waals surface area contributed by atoms with Gasteiger partial charge in [-0.3, -0.25) is 9.59 Å². The highest BCUT2D eigenvalue weighted by molar-refractivity contribution is 8.15. The highest BCUT2D eigenvalue weighted by atomic mass is 32.2. The van der Waals surface area contributed by atoms with Crippen molar-refractivity contribution < 1.29 is 14.7 Å². The molecule has 0 unspecified atom stereocenters. The SMILES string of the molecule is CC(C)N(C(=O)CSCC(=O)Sc1cc(C(C)(C)C)c(O)c(C(C)(C)C)c1)c1ccc(Nc2ccccc2)cc1. The van der Waals surface area contributed by atoms with Crippen molar-refractivity contribution in [1.29, 1.82) is 0 Å². The number of benzene rings is 3. The first-order valence-corrected chi connectivity index (χ1v) is 15.5. The van der Waals surface area contributed by atoms with Crippen LogP contribution in [0.1, 0.15) is 66.5 Å². The molecule has 0 radical (unpaired) electrons. The molecule has 3 rings (SSSR count). The zero-order chi connectivity index (χ0) is 29.7. The number of hydrogen-bond acceptors (Lipinski definition) is 6. The van der Waals surface area contributed by atoms with Crippen LogP contribution < -0.4 is 10.2 Å². The number of nitrogens with zero attached hydrogens (tertiary/aromatic N) is 1. The maximum absolute atomic E-state index is 13.2. The molecule has 0 saturated heterocycles. The Labute approximate surface area is 248 Å². The summed E-state index contributed by atoms with van der Waals surface area (Å²) in [6, 6.07) is 21.6. The van der Waals surface area contributed by atoms with Gasteiger partial charge in [0, 0.05) is 39.1 Å². The standard InChI is InChI=1S/C33H42N2O3S2/c1-22(2)35(25-16-14-24(15-17-25)34-23-12-10-9-11-13-23)29(36)20-39-21-30(37)40-26-18-27(32(3,4)5)31(38)28(19-26)33(6,7)8/h9-19,22,34,38H,20-21H2,1-8H3. The van der Waals surface area contributed by atoms with Gasteiger partial charge in [-0.1, -0.05) is 71.5 Å². The lowest BCUT2D eigenvalue weighted by Crippen LogP contribution is -2.38. The van der Waals surface area contributed by atoms with Crippen LogP contribution in [0.4, 0.5) is 17.1 Å². The van der Waals surface area contributed by atoms with Crippen molar-refractivity contribution in [3.05, 3.63) is 77.9 Å². The molecule has 40 heavy (non-hydrogen) atoms. The normalized spacial score (nSPS) is 11.9. The Bertz CT molecular complexity index is 1270. The van der Waals surface area contributed by atoms with Gasteiger partial charge in [0.2, 0.25) is 11.0 Å². The first-order chi connectivity index (χ1) is 18.7. The highest BCUT2D eigenvalue weighted by Crippen LogP contribution is 2.42.